The molecular formula is C19H28FN3O2. The molecule has 0 aromatic heterocycles. The van der Waals surface area contributed by atoms with E-state index in [1.807, 2.05) is 13.8 Å². The van der Waals surface area contributed by atoms with Gasteiger partial charge in [-0.15, -0.1) is 0 Å². The zero-order valence-corrected chi connectivity index (χ0v) is 15.2. The number of benzene rings is 1. The summed E-state index contributed by atoms with van der Waals surface area (Å²) in [4.78, 5) is 24.9. The molecule has 1 aromatic rings. The molecule has 0 saturated carbocycles. The average Bonchev–Trinajstić information content (AvgIpc) is 2.58. The molecule has 1 atom stereocenters. The number of nitrogens with one attached hydrogen (secondary N) is 3. The van der Waals surface area contributed by atoms with Gasteiger partial charge in [0.05, 0.1) is 0 Å². The molecule has 2 amide bonds. The van der Waals surface area contributed by atoms with Crippen molar-refractivity contribution >= 4 is 11.8 Å². The lowest BCUT2D eigenvalue weighted by atomic mass is 9.81. The maximum Gasteiger partial charge on any atom is 0.251 e. The predicted molar refractivity (Wildman–Crippen MR) is 95.7 cm³/mol. The summed E-state index contributed by atoms with van der Waals surface area (Å²) in [6.45, 7) is 8.48. The van der Waals surface area contributed by atoms with Crippen molar-refractivity contribution in [2.45, 2.75) is 39.7 Å². The van der Waals surface area contributed by atoms with Crippen LogP contribution in [0.3, 0.4) is 0 Å². The molecular weight excluding hydrogens is 321 g/mol. The maximum atomic E-state index is 13.0. The molecule has 3 N–H and O–H groups in total. The maximum absolute atomic E-state index is 13.0. The number of carbonyl (C=O) groups excluding carboxylic acids is 2. The first kappa shape index (κ1) is 19.4. The van der Waals surface area contributed by atoms with Crippen LogP contribution in [0.2, 0.25) is 0 Å². The van der Waals surface area contributed by atoms with Gasteiger partial charge in [0, 0.05) is 12.1 Å². The van der Waals surface area contributed by atoms with Crippen LogP contribution in [0.1, 0.15) is 44.0 Å². The van der Waals surface area contributed by atoms with E-state index < -0.39 is 11.9 Å². The summed E-state index contributed by atoms with van der Waals surface area (Å²) in [6, 6.07) is 4.67. The highest BCUT2D eigenvalue weighted by Crippen LogP contribution is 2.26. The first-order valence-electron chi connectivity index (χ1n) is 8.86. The molecule has 5 nitrogen and oxygen atoms in total. The van der Waals surface area contributed by atoms with Crippen LogP contribution in [0, 0.1) is 17.2 Å². The predicted octanol–water partition coefficient (Wildman–Crippen LogP) is 2.09. The van der Waals surface area contributed by atoms with Crippen LogP contribution in [0.4, 0.5) is 4.39 Å². The summed E-state index contributed by atoms with van der Waals surface area (Å²) in [7, 11) is 0. The van der Waals surface area contributed by atoms with E-state index in [9.17, 15) is 14.0 Å². The molecule has 1 aliphatic heterocycles. The van der Waals surface area contributed by atoms with Crippen molar-refractivity contribution in [2.24, 2.45) is 11.3 Å². The topological polar surface area (TPSA) is 70.2 Å². The Balaban J connectivity index is 1.95. The Bertz CT molecular complexity index is 595. The molecule has 25 heavy (non-hydrogen) atoms. The van der Waals surface area contributed by atoms with Gasteiger partial charge in [0.15, 0.2) is 0 Å². The fourth-order valence-electron chi connectivity index (χ4n) is 2.98. The zero-order chi connectivity index (χ0) is 18.4. The Morgan fingerprint density at radius 3 is 2.36 bits per heavy atom. The Kier molecular flexibility index (Phi) is 6.53. The van der Waals surface area contributed by atoms with Crippen LogP contribution < -0.4 is 16.0 Å². The summed E-state index contributed by atoms with van der Waals surface area (Å²) >= 11 is 0. The number of hydrogen-bond acceptors (Lipinski definition) is 3. The van der Waals surface area contributed by atoms with E-state index in [1.54, 1.807) is 0 Å². The molecule has 2 rings (SSSR count). The summed E-state index contributed by atoms with van der Waals surface area (Å²) < 4.78 is 13.0. The van der Waals surface area contributed by atoms with E-state index in [1.165, 1.54) is 24.3 Å². The van der Waals surface area contributed by atoms with Crippen molar-refractivity contribution in [2.75, 3.05) is 19.6 Å². The number of rotatable bonds is 6. The van der Waals surface area contributed by atoms with E-state index >= 15 is 0 Å². The molecule has 6 heteroatoms. The largest absolute Gasteiger partial charge is 0.354 e. The van der Waals surface area contributed by atoms with Gasteiger partial charge in [-0.1, -0.05) is 20.8 Å². The van der Waals surface area contributed by atoms with Crippen LogP contribution in [0.25, 0.3) is 0 Å². The lowest BCUT2D eigenvalue weighted by molar-refractivity contribution is -0.124. The van der Waals surface area contributed by atoms with Gasteiger partial charge in [-0.3, -0.25) is 9.59 Å². The van der Waals surface area contributed by atoms with Crippen molar-refractivity contribution in [1.82, 2.24) is 16.0 Å². The lowest BCUT2D eigenvalue weighted by Gasteiger charge is -2.35. The first-order chi connectivity index (χ1) is 11.8. The van der Waals surface area contributed by atoms with Gasteiger partial charge in [-0.05, 0) is 61.5 Å². The van der Waals surface area contributed by atoms with Crippen molar-refractivity contribution in [3.05, 3.63) is 35.6 Å². The fourth-order valence-corrected chi connectivity index (χ4v) is 2.98. The fraction of sp³-hybridized carbons (Fsp3) is 0.579. The third-order valence-corrected chi connectivity index (χ3v) is 4.84. The Morgan fingerprint density at radius 1 is 1.20 bits per heavy atom. The smallest absolute Gasteiger partial charge is 0.251 e. The normalized spacial score (nSPS) is 17.8. The molecule has 1 heterocycles. The standard InChI is InChI=1S/C19H28FN3O2/c1-13(2)16(23-17(24)14-4-6-15(20)7-5-14)18(25)22-12-19(3)8-10-21-11-9-19/h4-7,13,16,21H,8-12H2,1-3H3,(H,22,25)(H,23,24). The highest BCUT2D eigenvalue weighted by Gasteiger charge is 2.30. The van der Waals surface area contributed by atoms with Gasteiger partial charge in [0.25, 0.3) is 5.91 Å². The number of amides is 2. The second-order valence-electron chi connectivity index (χ2n) is 7.48. The van der Waals surface area contributed by atoms with E-state index in [0.717, 1.165) is 25.9 Å². The Labute approximate surface area is 148 Å². The monoisotopic (exact) mass is 349 g/mol. The van der Waals surface area contributed by atoms with Crippen molar-refractivity contribution < 1.29 is 14.0 Å². The summed E-state index contributed by atoms with van der Waals surface area (Å²) in [5.74, 6) is -0.998. The minimum atomic E-state index is -0.622. The van der Waals surface area contributed by atoms with E-state index in [4.69, 9.17) is 0 Å². The molecule has 1 saturated heterocycles. The minimum Gasteiger partial charge on any atom is -0.354 e. The van der Waals surface area contributed by atoms with Gasteiger partial charge in [0.2, 0.25) is 5.91 Å². The average molecular weight is 349 g/mol. The first-order valence-corrected chi connectivity index (χ1v) is 8.86. The summed E-state index contributed by atoms with van der Waals surface area (Å²) in [5, 5.41) is 9.09. The van der Waals surface area contributed by atoms with E-state index in [-0.39, 0.29) is 23.1 Å². The molecule has 1 unspecified atom stereocenters. The number of hydrogen-bond donors (Lipinski definition) is 3. The molecule has 0 aliphatic carbocycles. The second kappa shape index (κ2) is 8.43. The number of piperidine rings is 1. The molecule has 0 radical (unpaired) electrons. The van der Waals surface area contributed by atoms with Crippen molar-refractivity contribution in [3.8, 4) is 0 Å². The summed E-state index contributed by atoms with van der Waals surface area (Å²) in [6.07, 6.45) is 2.03. The number of halogens is 1. The van der Waals surface area contributed by atoms with Crippen molar-refractivity contribution in [3.63, 3.8) is 0 Å². The van der Waals surface area contributed by atoms with Crippen LogP contribution >= 0.6 is 0 Å². The lowest BCUT2D eigenvalue weighted by Crippen LogP contribution is -2.52. The van der Waals surface area contributed by atoms with Gasteiger partial charge in [-0.2, -0.15) is 0 Å². The van der Waals surface area contributed by atoms with Crippen LogP contribution in [-0.2, 0) is 4.79 Å². The van der Waals surface area contributed by atoms with Crippen LogP contribution in [-0.4, -0.2) is 37.5 Å². The van der Waals surface area contributed by atoms with E-state index in [2.05, 4.69) is 22.9 Å². The van der Waals surface area contributed by atoms with Crippen molar-refractivity contribution in [1.29, 1.82) is 0 Å². The molecule has 0 spiro atoms. The van der Waals surface area contributed by atoms with Gasteiger partial charge in [0.1, 0.15) is 11.9 Å². The molecule has 138 valence electrons. The molecule has 1 aliphatic rings. The second-order valence-corrected chi connectivity index (χ2v) is 7.48. The Morgan fingerprint density at radius 2 is 1.80 bits per heavy atom. The van der Waals surface area contributed by atoms with Gasteiger partial charge < -0.3 is 16.0 Å². The third-order valence-electron chi connectivity index (χ3n) is 4.84. The summed E-state index contributed by atoms with van der Waals surface area (Å²) in [5.41, 5.74) is 0.425. The quantitative estimate of drug-likeness (QED) is 0.736. The minimum absolute atomic E-state index is 0.0507. The SMILES string of the molecule is CC(C)C(NC(=O)c1ccc(F)cc1)C(=O)NCC1(C)CCNCC1. The highest BCUT2D eigenvalue weighted by molar-refractivity contribution is 5.97. The molecule has 1 aromatic carbocycles. The highest BCUT2D eigenvalue weighted by atomic mass is 19.1. The zero-order valence-electron chi connectivity index (χ0n) is 15.2. The molecule has 1 fully saturated rings. The van der Waals surface area contributed by atoms with Crippen LogP contribution in [0.15, 0.2) is 24.3 Å². The number of carbonyl (C=O) groups is 2. The molecule has 0 bridgehead atoms. The third kappa shape index (κ3) is 5.53. The van der Waals surface area contributed by atoms with Crippen LogP contribution in [0.5, 0.6) is 0 Å². The van der Waals surface area contributed by atoms with Gasteiger partial charge in [-0.25, -0.2) is 4.39 Å². The Hall–Kier alpha value is -1.95. The van der Waals surface area contributed by atoms with Gasteiger partial charge >= 0.3 is 0 Å². The van der Waals surface area contributed by atoms with E-state index in [0.29, 0.717) is 12.1 Å².